The van der Waals surface area contributed by atoms with Crippen LogP contribution in [0, 0.1) is 5.92 Å². The van der Waals surface area contributed by atoms with Crippen LogP contribution in [0.25, 0.3) is 0 Å². The molecule has 1 saturated heterocycles. The van der Waals surface area contributed by atoms with Crippen LogP contribution in [-0.4, -0.2) is 57.5 Å². The Hall–Kier alpha value is -0.690. The summed E-state index contributed by atoms with van der Waals surface area (Å²) in [6.07, 6.45) is 3.55. The van der Waals surface area contributed by atoms with Crippen LogP contribution in [0.1, 0.15) is 46.0 Å². The topological polar surface area (TPSA) is 63.2 Å². The average Bonchev–Trinajstić information content (AvgIpc) is 3.21. The first-order chi connectivity index (χ1) is 11.1. The van der Waals surface area contributed by atoms with Crippen molar-refractivity contribution in [1.82, 2.24) is 0 Å². The largest absolute Gasteiger partial charge is 0.469 e. The van der Waals surface area contributed by atoms with Crippen LogP contribution in [0.3, 0.4) is 0 Å². The maximum absolute atomic E-state index is 11.9. The van der Waals surface area contributed by atoms with Gasteiger partial charge in [0.25, 0.3) is 0 Å². The summed E-state index contributed by atoms with van der Waals surface area (Å²) < 4.78 is 28.5. The van der Waals surface area contributed by atoms with Crippen LogP contribution in [0.2, 0.25) is 0 Å². The predicted molar refractivity (Wildman–Crippen MR) is 84.0 cm³/mol. The molecule has 6 nitrogen and oxygen atoms in total. The molecule has 0 aromatic rings. The molecule has 0 amide bonds. The van der Waals surface area contributed by atoms with Crippen molar-refractivity contribution >= 4 is 5.97 Å². The van der Waals surface area contributed by atoms with E-state index < -0.39 is 11.9 Å². The van der Waals surface area contributed by atoms with Crippen molar-refractivity contribution in [3.63, 3.8) is 0 Å². The lowest BCUT2D eigenvalue weighted by Crippen LogP contribution is -2.41. The quantitative estimate of drug-likeness (QED) is 0.452. The molecule has 0 N–H and O–H groups in total. The van der Waals surface area contributed by atoms with Gasteiger partial charge in [0.15, 0.2) is 6.29 Å². The number of methoxy groups -OCH3 is 2. The Morgan fingerprint density at radius 1 is 1.13 bits per heavy atom. The lowest BCUT2D eigenvalue weighted by atomic mass is 10.1. The first-order valence-electron chi connectivity index (χ1n) is 8.66. The summed E-state index contributed by atoms with van der Waals surface area (Å²) in [6.45, 7) is 5.50. The Kier molecular flexibility index (Phi) is 6.83. The third-order valence-electron chi connectivity index (χ3n) is 4.66. The number of carbonyl (C=O) groups excluding carboxylic acids is 1. The van der Waals surface area contributed by atoms with Crippen molar-refractivity contribution in [2.45, 2.75) is 70.1 Å². The molecule has 0 aromatic heterocycles. The van der Waals surface area contributed by atoms with Crippen molar-refractivity contribution in [1.29, 1.82) is 0 Å². The van der Waals surface area contributed by atoms with E-state index >= 15 is 0 Å². The van der Waals surface area contributed by atoms with E-state index in [0.717, 1.165) is 25.7 Å². The summed E-state index contributed by atoms with van der Waals surface area (Å²) in [5, 5.41) is 0. The molecule has 6 heteroatoms. The summed E-state index contributed by atoms with van der Waals surface area (Å²) in [7, 11) is 3.00. The van der Waals surface area contributed by atoms with Crippen LogP contribution >= 0.6 is 0 Å². The van der Waals surface area contributed by atoms with Gasteiger partial charge in [-0.25, -0.2) is 0 Å². The van der Waals surface area contributed by atoms with Crippen molar-refractivity contribution in [3.05, 3.63) is 0 Å². The molecule has 0 bridgehead atoms. The standard InChI is InChI=1S/C17H30O6/c1-5-7-9-21-13-14(22-10-8-6-2)17(23-16(13)20-4)11-12(17)15(18)19-3/h12-14,16H,5-11H2,1-4H3/t12?,13-,14-,16+,17?/m1/s1. The highest BCUT2D eigenvalue weighted by Crippen LogP contribution is 2.57. The number of hydrogen-bond acceptors (Lipinski definition) is 6. The van der Waals surface area contributed by atoms with E-state index in [1.807, 2.05) is 0 Å². The van der Waals surface area contributed by atoms with Gasteiger partial charge in [-0.15, -0.1) is 0 Å². The molecular formula is C17H30O6. The summed E-state index contributed by atoms with van der Waals surface area (Å²) in [6, 6.07) is 0. The summed E-state index contributed by atoms with van der Waals surface area (Å²) in [5.41, 5.74) is -0.654. The van der Waals surface area contributed by atoms with Gasteiger partial charge in [-0.2, -0.15) is 0 Å². The minimum absolute atomic E-state index is 0.252. The normalized spacial score (nSPS) is 35.7. The van der Waals surface area contributed by atoms with Gasteiger partial charge in [0.1, 0.15) is 17.8 Å². The minimum atomic E-state index is -0.654. The molecule has 1 heterocycles. The van der Waals surface area contributed by atoms with Crippen molar-refractivity contribution < 1.29 is 28.5 Å². The first kappa shape index (κ1) is 18.6. The number of esters is 1. The number of carbonyl (C=O) groups is 1. The van der Waals surface area contributed by atoms with Gasteiger partial charge < -0.3 is 23.7 Å². The monoisotopic (exact) mass is 330 g/mol. The molecule has 5 atom stereocenters. The van der Waals surface area contributed by atoms with Gasteiger partial charge >= 0.3 is 5.97 Å². The number of hydrogen-bond donors (Lipinski definition) is 0. The molecule has 2 rings (SSSR count). The Bertz CT molecular complexity index is 387. The molecule has 2 aliphatic rings. The Morgan fingerprint density at radius 3 is 2.35 bits per heavy atom. The first-order valence-corrected chi connectivity index (χ1v) is 8.66. The molecule has 134 valence electrons. The maximum Gasteiger partial charge on any atom is 0.311 e. The highest BCUT2D eigenvalue weighted by Gasteiger charge is 2.73. The Labute approximate surface area is 138 Å². The smallest absolute Gasteiger partial charge is 0.311 e. The zero-order chi connectivity index (χ0) is 16.9. The lowest BCUT2D eigenvalue weighted by Gasteiger charge is -2.24. The second-order valence-corrected chi connectivity index (χ2v) is 6.29. The molecule has 1 saturated carbocycles. The van der Waals surface area contributed by atoms with Gasteiger partial charge in [-0.05, 0) is 19.3 Å². The molecular weight excluding hydrogens is 300 g/mol. The molecule has 2 fully saturated rings. The SMILES string of the molecule is CCCCO[C@H]1[C@@H](OC)OC2(CC2C(=O)OC)[C@@H]1OCCCC. The number of rotatable bonds is 10. The van der Waals surface area contributed by atoms with Gasteiger partial charge in [-0.3, -0.25) is 4.79 Å². The fraction of sp³-hybridized carbons (Fsp3) is 0.941. The molecule has 0 aromatic carbocycles. The minimum Gasteiger partial charge on any atom is -0.469 e. The molecule has 1 spiro atoms. The third kappa shape index (κ3) is 3.87. The van der Waals surface area contributed by atoms with Crippen molar-refractivity contribution in [2.75, 3.05) is 27.4 Å². The van der Waals surface area contributed by atoms with E-state index in [9.17, 15) is 4.79 Å². The van der Waals surface area contributed by atoms with Crippen LogP contribution in [0.15, 0.2) is 0 Å². The number of unbranched alkanes of at least 4 members (excludes halogenated alkanes) is 2. The highest BCUT2D eigenvalue weighted by molar-refractivity contribution is 5.78. The second-order valence-electron chi connectivity index (χ2n) is 6.29. The van der Waals surface area contributed by atoms with Gasteiger partial charge in [0.2, 0.25) is 0 Å². The summed E-state index contributed by atoms with van der Waals surface area (Å²) in [5.74, 6) is -0.547. The fourth-order valence-corrected chi connectivity index (χ4v) is 3.20. The van der Waals surface area contributed by atoms with Crippen LogP contribution in [0.5, 0.6) is 0 Å². The Morgan fingerprint density at radius 2 is 1.78 bits per heavy atom. The number of ether oxygens (including phenoxy) is 5. The lowest BCUT2D eigenvalue weighted by molar-refractivity contribution is -0.171. The van der Waals surface area contributed by atoms with E-state index in [-0.39, 0.29) is 24.1 Å². The third-order valence-corrected chi connectivity index (χ3v) is 4.66. The fourth-order valence-electron chi connectivity index (χ4n) is 3.20. The van der Waals surface area contributed by atoms with Crippen molar-refractivity contribution in [3.8, 4) is 0 Å². The van der Waals surface area contributed by atoms with Crippen LogP contribution in [-0.2, 0) is 28.5 Å². The van der Waals surface area contributed by atoms with Gasteiger partial charge in [0, 0.05) is 20.3 Å². The van der Waals surface area contributed by atoms with Gasteiger partial charge in [0.05, 0.1) is 13.0 Å². The van der Waals surface area contributed by atoms with Crippen LogP contribution < -0.4 is 0 Å². The molecule has 2 unspecified atom stereocenters. The highest BCUT2D eigenvalue weighted by atomic mass is 16.7. The summed E-state index contributed by atoms with van der Waals surface area (Å²) in [4.78, 5) is 11.9. The Balaban J connectivity index is 2.09. The average molecular weight is 330 g/mol. The molecule has 1 aliphatic heterocycles. The second kappa shape index (κ2) is 8.42. The van der Waals surface area contributed by atoms with E-state index in [1.54, 1.807) is 7.11 Å². The maximum atomic E-state index is 11.9. The van der Waals surface area contributed by atoms with E-state index in [0.29, 0.717) is 19.6 Å². The van der Waals surface area contributed by atoms with E-state index in [1.165, 1.54) is 7.11 Å². The van der Waals surface area contributed by atoms with Gasteiger partial charge in [-0.1, -0.05) is 26.7 Å². The van der Waals surface area contributed by atoms with Crippen molar-refractivity contribution in [2.24, 2.45) is 5.92 Å². The molecule has 1 aliphatic carbocycles. The predicted octanol–water partition coefficient (Wildman–Crippen LogP) is 2.29. The molecule has 23 heavy (non-hydrogen) atoms. The molecule has 0 radical (unpaired) electrons. The zero-order valence-electron chi connectivity index (χ0n) is 14.7. The van der Waals surface area contributed by atoms with Crippen LogP contribution in [0.4, 0.5) is 0 Å². The summed E-state index contributed by atoms with van der Waals surface area (Å²) >= 11 is 0. The van der Waals surface area contributed by atoms with E-state index in [2.05, 4.69) is 13.8 Å². The zero-order valence-corrected chi connectivity index (χ0v) is 14.7. The van der Waals surface area contributed by atoms with E-state index in [4.69, 9.17) is 23.7 Å².